The van der Waals surface area contributed by atoms with Gasteiger partial charge in [0.1, 0.15) is 12.0 Å². The number of hydrogen-bond donors (Lipinski definition) is 1. The van der Waals surface area contributed by atoms with Crippen molar-refractivity contribution in [2.24, 2.45) is 0 Å². The van der Waals surface area contributed by atoms with Crippen LogP contribution >= 0.6 is 0 Å². The van der Waals surface area contributed by atoms with E-state index in [9.17, 15) is 13.6 Å². The molecule has 0 aliphatic carbocycles. The smallest absolute Gasteiger partial charge is 0.269 e. The number of rotatable bonds is 4. The van der Waals surface area contributed by atoms with E-state index in [-0.39, 0.29) is 11.6 Å². The van der Waals surface area contributed by atoms with Gasteiger partial charge in [0.2, 0.25) is 0 Å². The number of benzene rings is 1. The van der Waals surface area contributed by atoms with E-state index in [0.717, 1.165) is 12.1 Å². The summed E-state index contributed by atoms with van der Waals surface area (Å²) in [6.07, 6.45) is 1.30. The van der Waals surface area contributed by atoms with Crippen LogP contribution < -0.4 is 10.1 Å². The highest BCUT2D eigenvalue weighted by atomic mass is 19.2. The summed E-state index contributed by atoms with van der Waals surface area (Å²) in [4.78, 5) is 12.0. The number of hydrogen-bond acceptors (Lipinski definition) is 4. The van der Waals surface area contributed by atoms with Gasteiger partial charge < -0.3 is 14.6 Å². The second-order valence-corrected chi connectivity index (χ2v) is 4.53. The van der Waals surface area contributed by atoms with Crippen LogP contribution in [0.4, 0.5) is 14.6 Å². The Hall–Kier alpha value is -2.44. The van der Waals surface area contributed by atoms with Crippen molar-refractivity contribution in [3.8, 4) is 5.75 Å². The quantitative estimate of drug-likeness (QED) is 0.936. The molecule has 106 valence electrons. The van der Waals surface area contributed by atoms with Crippen molar-refractivity contribution in [2.45, 2.75) is 19.4 Å². The van der Waals surface area contributed by atoms with Crippen molar-refractivity contribution in [1.29, 1.82) is 0 Å². The molecule has 0 aliphatic rings. The molecule has 1 heterocycles. The first-order valence-corrected chi connectivity index (χ1v) is 5.74. The minimum Gasteiger partial charge on any atom is -0.478 e. The zero-order chi connectivity index (χ0) is 14.8. The van der Waals surface area contributed by atoms with Crippen LogP contribution in [0.2, 0.25) is 0 Å². The molecule has 0 bridgehead atoms. The van der Waals surface area contributed by atoms with Gasteiger partial charge in [0.25, 0.3) is 5.91 Å². The average molecular weight is 282 g/mol. The first-order valence-electron chi connectivity index (χ1n) is 5.74. The van der Waals surface area contributed by atoms with Gasteiger partial charge in [0.15, 0.2) is 23.1 Å². The maximum absolute atomic E-state index is 13.1. The van der Waals surface area contributed by atoms with Crippen molar-refractivity contribution >= 4 is 11.7 Å². The zero-order valence-electron chi connectivity index (χ0n) is 10.8. The third kappa shape index (κ3) is 3.11. The Labute approximate surface area is 113 Å². The molecule has 0 radical (unpaired) electrons. The first kappa shape index (κ1) is 14.0. The Kier molecular flexibility index (Phi) is 3.69. The molecule has 1 aromatic heterocycles. The minimum atomic E-state index is -1.30. The normalized spacial score (nSPS) is 11.2. The van der Waals surface area contributed by atoms with E-state index in [0.29, 0.717) is 0 Å². The van der Waals surface area contributed by atoms with Crippen LogP contribution in [0.1, 0.15) is 13.8 Å². The molecular weight excluding hydrogens is 270 g/mol. The minimum absolute atomic E-state index is 0.0456. The van der Waals surface area contributed by atoms with E-state index in [1.807, 2.05) is 0 Å². The lowest BCUT2D eigenvalue weighted by Gasteiger charge is -2.24. The number of anilines is 1. The predicted octanol–water partition coefficient (Wildman–Crippen LogP) is 2.75. The summed E-state index contributed by atoms with van der Waals surface area (Å²) in [6, 6.07) is 4.51. The van der Waals surface area contributed by atoms with Crippen molar-refractivity contribution in [1.82, 2.24) is 5.16 Å². The maximum atomic E-state index is 13.1. The summed E-state index contributed by atoms with van der Waals surface area (Å²) < 4.78 is 35.8. The standard InChI is InChI=1S/C13H12F2N2O3/c1-13(2,12(18)16-11-5-6-19-17-11)20-8-3-4-9(14)10(15)7-8/h3-7H,1-2H3,(H,16,17,18). The lowest BCUT2D eigenvalue weighted by molar-refractivity contribution is -0.128. The van der Waals surface area contributed by atoms with E-state index in [1.165, 1.54) is 32.2 Å². The second kappa shape index (κ2) is 5.28. The fourth-order valence-electron chi connectivity index (χ4n) is 1.43. The molecule has 0 unspecified atom stereocenters. The van der Waals surface area contributed by atoms with Crippen molar-refractivity contribution in [3.05, 3.63) is 42.2 Å². The predicted molar refractivity (Wildman–Crippen MR) is 66.2 cm³/mol. The fraction of sp³-hybridized carbons (Fsp3) is 0.231. The summed E-state index contributed by atoms with van der Waals surface area (Å²) in [5.74, 6) is -2.25. The summed E-state index contributed by atoms with van der Waals surface area (Å²) in [6.45, 7) is 2.98. The van der Waals surface area contributed by atoms with E-state index >= 15 is 0 Å². The van der Waals surface area contributed by atoms with Crippen LogP contribution in [-0.4, -0.2) is 16.7 Å². The lowest BCUT2D eigenvalue weighted by atomic mass is 10.1. The summed E-state index contributed by atoms with van der Waals surface area (Å²) in [5, 5.41) is 6.00. The molecule has 2 rings (SSSR count). The van der Waals surface area contributed by atoms with Crippen LogP contribution in [0.15, 0.2) is 35.1 Å². The average Bonchev–Trinajstić information content (AvgIpc) is 2.86. The van der Waals surface area contributed by atoms with Gasteiger partial charge in [-0.3, -0.25) is 4.79 Å². The molecule has 0 fully saturated rings. The van der Waals surface area contributed by atoms with Crippen LogP contribution in [-0.2, 0) is 4.79 Å². The Bertz CT molecular complexity index is 612. The highest BCUT2D eigenvalue weighted by molar-refractivity contribution is 5.96. The second-order valence-electron chi connectivity index (χ2n) is 4.53. The first-order chi connectivity index (χ1) is 9.38. The summed E-state index contributed by atoms with van der Waals surface area (Å²) in [7, 11) is 0. The molecular formula is C13H12F2N2O3. The van der Waals surface area contributed by atoms with Gasteiger partial charge in [-0.05, 0) is 26.0 Å². The number of amides is 1. The van der Waals surface area contributed by atoms with Gasteiger partial charge in [0.05, 0.1) is 0 Å². The number of nitrogens with zero attached hydrogens (tertiary/aromatic N) is 1. The number of nitrogens with one attached hydrogen (secondary N) is 1. The molecule has 0 atom stereocenters. The molecule has 5 nitrogen and oxygen atoms in total. The SMILES string of the molecule is CC(C)(Oc1ccc(F)c(F)c1)C(=O)Nc1ccon1. The molecule has 0 saturated heterocycles. The largest absolute Gasteiger partial charge is 0.478 e. The molecule has 0 saturated carbocycles. The van der Waals surface area contributed by atoms with Crippen molar-refractivity contribution in [2.75, 3.05) is 5.32 Å². The Morgan fingerprint density at radius 2 is 2.05 bits per heavy atom. The molecule has 7 heteroatoms. The highest BCUT2D eigenvalue weighted by Gasteiger charge is 2.30. The summed E-state index contributed by atoms with van der Waals surface area (Å²) >= 11 is 0. The Morgan fingerprint density at radius 3 is 2.65 bits per heavy atom. The topological polar surface area (TPSA) is 64.4 Å². The van der Waals surface area contributed by atoms with Crippen LogP contribution in [0.5, 0.6) is 5.75 Å². The third-order valence-electron chi connectivity index (χ3n) is 2.49. The monoisotopic (exact) mass is 282 g/mol. The van der Waals surface area contributed by atoms with E-state index in [2.05, 4.69) is 15.0 Å². The Morgan fingerprint density at radius 1 is 1.30 bits per heavy atom. The van der Waals surface area contributed by atoms with Gasteiger partial charge in [-0.1, -0.05) is 5.16 Å². The van der Waals surface area contributed by atoms with Crippen LogP contribution in [0.25, 0.3) is 0 Å². The zero-order valence-corrected chi connectivity index (χ0v) is 10.8. The van der Waals surface area contributed by atoms with Crippen molar-refractivity contribution < 1.29 is 22.8 Å². The highest BCUT2D eigenvalue weighted by Crippen LogP contribution is 2.22. The lowest BCUT2D eigenvalue weighted by Crippen LogP contribution is -2.42. The van der Waals surface area contributed by atoms with Crippen molar-refractivity contribution in [3.63, 3.8) is 0 Å². The molecule has 1 N–H and O–H groups in total. The maximum Gasteiger partial charge on any atom is 0.269 e. The van der Waals surface area contributed by atoms with E-state index < -0.39 is 23.1 Å². The van der Waals surface area contributed by atoms with Gasteiger partial charge in [-0.15, -0.1) is 0 Å². The number of halogens is 2. The van der Waals surface area contributed by atoms with E-state index in [1.54, 1.807) is 0 Å². The summed E-state index contributed by atoms with van der Waals surface area (Å²) in [5.41, 5.74) is -1.30. The molecule has 0 aliphatic heterocycles. The van der Waals surface area contributed by atoms with Gasteiger partial charge in [-0.2, -0.15) is 0 Å². The molecule has 20 heavy (non-hydrogen) atoms. The molecule has 1 amide bonds. The third-order valence-corrected chi connectivity index (χ3v) is 2.49. The van der Waals surface area contributed by atoms with E-state index in [4.69, 9.17) is 4.74 Å². The number of ether oxygens (including phenoxy) is 1. The molecule has 1 aromatic carbocycles. The number of carbonyl (C=O) groups is 1. The molecule has 2 aromatic rings. The number of carbonyl (C=O) groups excluding carboxylic acids is 1. The van der Waals surface area contributed by atoms with Gasteiger partial charge >= 0.3 is 0 Å². The number of aromatic nitrogens is 1. The van der Waals surface area contributed by atoms with Gasteiger partial charge in [0, 0.05) is 12.1 Å². The van der Waals surface area contributed by atoms with Gasteiger partial charge in [-0.25, -0.2) is 8.78 Å². The Balaban J connectivity index is 2.09. The van der Waals surface area contributed by atoms with Crippen LogP contribution in [0, 0.1) is 11.6 Å². The fourth-order valence-corrected chi connectivity index (χ4v) is 1.43. The molecule has 0 spiro atoms. The van der Waals surface area contributed by atoms with Crippen LogP contribution in [0.3, 0.4) is 0 Å².